The molecule has 1 aliphatic carbocycles. The van der Waals surface area contributed by atoms with E-state index >= 15 is 0 Å². The maximum Gasteiger partial charge on any atom is 0.138 e. The fourth-order valence-corrected chi connectivity index (χ4v) is 2.35. The normalized spacial score (nSPS) is 22.7. The molecule has 1 saturated carbocycles. The van der Waals surface area contributed by atoms with Crippen molar-refractivity contribution in [2.24, 2.45) is 0 Å². The van der Waals surface area contributed by atoms with E-state index in [1.165, 1.54) is 24.0 Å². The Labute approximate surface area is 105 Å². The van der Waals surface area contributed by atoms with Crippen LogP contribution in [0.1, 0.15) is 30.1 Å². The monoisotopic (exact) mass is 246 g/mol. The average molecular weight is 246 g/mol. The van der Waals surface area contributed by atoms with Crippen LogP contribution in [-0.2, 0) is 6.54 Å². The Hall–Kier alpha value is -1.75. The molecule has 18 heavy (non-hydrogen) atoms. The van der Waals surface area contributed by atoms with Gasteiger partial charge >= 0.3 is 0 Å². The van der Waals surface area contributed by atoms with Gasteiger partial charge in [-0.1, -0.05) is 12.1 Å². The van der Waals surface area contributed by atoms with Crippen LogP contribution in [0.25, 0.3) is 0 Å². The number of hydrogen-bond donors (Lipinski definition) is 2. The van der Waals surface area contributed by atoms with Gasteiger partial charge in [-0.2, -0.15) is 5.10 Å². The van der Waals surface area contributed by atoms with Gasteiger partial charge in [-0.05, 0) is 36.5 Å². The molecule has 5 heteroatoms. The predicted molar refractivity (Wildman–Crippen MR) is 65.4 cm³/mol. The van der Waals surface area contributed by atoms with Crippen molar-refractivity contribution in [1.82, 2.24) is 20.5 Å². The number of nitrogens with zero attached hydrogens (tertiary/aromatic N) is 2. The van der Waals surface area contributed by atoms with E-state index in [0.29, 0.717) is 12.0 Å². The van der Waals surface area contributed by atoms with Gasteiger partial charge in [0.05, 0.1) is 6.54 Å². The number of nitrogens with one attached hydrogen (secondary N) is 2. The molecular formula is C13H15FN4. The van der Waals surface area contributed by atoms with Crippen LogP contribution in [0.15, 0.2) is 30.6 Å². The number of aromatic nitrogens is 3. The lowest BCUT2D eigenvalue weighted by atomic mass is 9.76. The van der Waals surface area contributed by atoms with Crippen LogP contribution >= 0.6 is 0 Å². The molecule has 0 saturated heterocycles. The zero-order valence-corrected chi connectivity index (χ0v) is 9.94. The summed E-state index contributed by atoms with van der Waals surface area (Å²) in [5, 5.41) is 10.1. The fourth-order valence-electron chi connectivity index (χ4n) is 2.35. The maximum atomic E-state index is 12.8. The minimum absolute atomic E-state index is 0.168. The van der Waals surface area contributed by atoms with Crippen molar-refractivity contribution in [3.05, 3.63) is 47.8 Å². The molecule has 0 amide bonds. The highest BCUT2D eigenvalue weighted by Gasteiger charge is 2.29. The molecule has 0 atom stereocenters. The molecule has 0 spiro atoms. The second-order valence-corrected chi connectivity index (χ2v) is 4.73. The number of benzene rings is 1. The van der Waals surface area contributed by atoms with Gasteiger partial charge in [-0.25, -0.2) is 9.37 Å². The van der Waals surface area contributed by atoms with E-state index in [1.54, 1.807) is 0 Å². The van der Waals surface area contributed by atoms with Crippen molar-refractivity contribution >= 4 is 0 Å². The maximum absolute atomic E-state index is 12.8. The van der Waals surface area contributed by atoms with E-state index in [-0.39, 0.29) is 5.82 Å². The Morgan fingerprint density at radius 2 is 2.06 bits per heavy atom. The van der Waals surface area contributed by atoms with E-state index in [4.69, 9.17) is 0 Å². The van der Waals surface area contributed by atoms with Gasteiger partial charge in [0.1, 0.15) is 18.0 Å². The number of halogens is 1. The lowest BCUT2D eigenvalue weighted by molar-refractivity contribution is 0.287. The second kappa shape index (κ2) is 4.86. The van der Waals surface area contributed by atoms with E-state index in [9.17, 15) is 4.39 Å². The Bertz CT molecular complexity index is 488. The molecule has 1 aliphatic rings. The van der Waals surface area contributed by atoms with Gasteiger partial charge < -0.3 is 5.32 Å². The Morgan fingerprint density at radius 3 is 2.72 bits per heavy atom. The van der Waals surface area contributed by atoms with Gasteiger partial charge in [0.2, 0.25) is 0 Å². The molecule has 3 rings (SSSR count). The second-order valence-electron chi connectivity index (χ2n) is 4.73. The number of rotatable bonds is 4. The molecule has 0 unspecified atom stereocenters. The summed E-state index contributed by atoms with van der Waals surface area (Å²) >= 11 is 0. The quantitative estimate of drug-likeness (QED) is 0.867. The molecule has 1 fully saturated rings. The summed E-state index contributed by atoms with van der Waals surface area (Å²) in [7, 11) is 0. The number of H-pyrrole nitrogens is 1. The van der Waals surface area contributed by atoms with E-state index in [0.717, 1.165) is 25.2 Å². The zero-order valence-electron chi connectivity index (χ0n) is 9.94. The van der Waals surface area contributed by atoms with Gasteiger partial charge in [-0.15, -0.1) is 0 Å². The van der Waals surface area contributed by atoms with Crippen LogP contribution in [0.3, 0.4) is 0 Å². The minimum Gasteiger partial charge on any atom is -0.307 e. The van der Waals surface area contributed by atoms with Gasteiger partial charge in [0.15, 0.2) is 0 Å². The summed E-state index contributed by atoms with van der Waals surface area (Å²) in [6, 6.07) is 7.35. The topological polar surface area (TPSA) is 53.6 Å². The average Bonchev–Trinajstić information content (AvgIpc) is 2.82. The molecule has 0 aliphatic heterocycles. The Morgan fingerprint density at radius 1 is 1.28 bits per heavy atom. The standard InChI is InChI=1S/C13H15FN4/c14-11-3-1-9(2-4-11)10-5-12(6-10)15-7-13-16-8-17-18-13/h1-4,8,10,12,15H,5-7H2,(H,16,17,18). The predicted octanol–water partition coefficient (Wildman–Crippen LogP) is 1.98. The van der Waals surface area contributed by atoms with Crippen LogP contribution in [0, 0.1) is 5.82 Å². The van der Waals surface area contributed by atoms with Crippen molar-refractivity contribution in [1.29, 1.82) is 0 Å². The number of aromatic amines is 1. The first-order chi connectivity index (χ1) is 8.81. The molecule has 2 aromatic rings. The van der Waals surface area contributed by atoms with Crippen LogP contribution in [-0.4, -0.2) is 21.2 Å². The first kappa shape index (κ1) is 11.3. The van der Waals surface area contributed by atoms with E-state index in [1.807, 2.05) is 12.1 Å². The fraction of sp³-hybridized carbons (Fsp3) is 0.385. The molecule has 0 bridgehead atoms. The van der Waals surface area contributed by atoms with E-state index < -0.39 is 0 Å². The van der Waals surface area contributed by atoms with Crippen molar-refractivity contribution in [3.63, 3.8) is 0 Å². The SMILES string of the molecule is Fc1ccc(C2CC(NCc3ncn[nH]3)C2)cc1. The third-order valence-electron chi connectivity index (χ3n) is 3.50. The van der Waals surface area contributed by atoms with Gasteiger partial charge in [0.25, 0.3) is 0 Å². The highest BCUT2D eigenvalue weighted by molar-refractivity contribution is 5.23. The summed E-state index contributed by atoms with van der Waals surface area (Å²) in [5.41, 5.74) is 1.23. The van der Waals surface area contributed by atoms with Crippen LogP contribution < -0.4 is 5.32 Å². The summed E-state index contributed by atoms with van der Waals surface area (Å²) in [6.07, 6.45) is 3.71. The Kier molecular flexibility index (Phi) is 3.06. The first-order valence-corrected chi connectivity index (χ1v) is 6.14. The molecule has 94 valence electrons. The van der Waals surface area contributed by atoms with Crippen LogP contribution in [0.4, 0.5) is 4.39 Å². The van der Waals surface area contributed by atoms with Crippen LogP contribution in [0.5, 0.6) is 0 Å². The molecule has 1 aromatic carbocycles. The zero-order chi connectivity index (χ0) is 12.4. The largest absolute Gasteiger partial charge is 0.307 e. The smallest absolute Gasteiger partial charge is 0.138 e. The van der Waals surface area contributed by atoms with Crippen molar-refractivity contribution in [3.8, 4) is 0 Å². The summed E-state index contributed by atoms with van der Waals surface area (Å²) in [5.74, 6) is 1.25. The van der Waals surface area contributed by atoms with Gasteiger partial charge in [0, 0.05) is 6.04 Å². The van der Waals surface area contributed by atoms with Gasteiger partial charge in [-0.3, -0.25) is 5.10 Å². The third-order valence-corrected chi connectivity index (χ3v) is 3.50. The highest BCUT2D eigenvalue weighted by atomic mass is 19.1. The summed E-state index contributed by atoms with van der Waals surface area (Å²) in [6.45, 7) is 0.723. The summed E-state index contributed by atoms with van der Waals surface area (Å²) in [4.78, 5) is 4.06. The molecule has 0 radical (unpaired) electrons. The Balaban J connectivity index is 1.47. The lowest BCUT2D eigenvalue weighted by Gasteiger charge is -2.36. The van der Waals surface area contributed by atoms with Crippen molar-refractivity contribution in [2.45, 2.75) is 31.3 Å². The van der Waals surface area contributed by atoms with Crippen molar-refractivity contribution < 1.29 is 4.39 Å². The third kappa shape index (κ3) is 2.41. The number of hydrogen-bond acceptors (Lipinski definition) is 3. The summed E-state index contributed by atoms with van der Waals surface area (Å²) < 4.78 is 12.8. The van der Waals surface area contributed by atoms with Crippen molar-refractivity contribution in [2.75, 3.05) is 0 Å². The molecule has 1 aromatic heterocycles. The van der Waals surface area contributed by atoms with E-state index in [2.05, 4.69) is 20.5 Å². The molecule has 1 heterocycles. The lowest BCUT2D eigenvalue weighted by Crippen LogP contribution is -2.39. The van der Waals surface area contributed by atoms with Crippen LogP contribution in [0.2, 0.25) is 0 Å². The molecule has 4 nitrogen and oxygen atoms in total. The minimum atomic E-state index is -0.168. The molecular weight excluding hydrogens is 231 g/mol. The highest BCUT2D eigenvalue weighted by Crippen LogP contribution is 2.36. The first-order valence-electron chi connectivity index (χ1n) is 6.14. The molecule has 2 N–H and O–H groups in total.